The van der Waals surface area contributed by atoms with Gasteiger partial charge in [0.15, 0.2) is 11.6 Å². The predicted molar refractivity (Wildman–Crippen MR) is 112 cm³/mol. The first-order valence-electron chi connectivity index (χ1n) is 8.65. The fourth-order valence-electron chi connectivity index (χ4n) is 2.39. The van der Waals surface area contributed by atoms with Crippen molar-refractivity contribution < 1.29 is 4.79 Å². The minimum Gasteiger partial charge on any atom is -0.372 e. The third kappa shape index (κ3) is 5.88. The number of rotatable bonds is 5. The number of primary amides is 1. The zero-order chi connectivity index (χ0) is 20.9. The van der Waals surface area contributed by atoms with E-state index in [1.54, 1.807) is 0 Å². The number of hydrogen-bond acceptors (Lipinski definition) is 6. The van der Waals surface area contributed by atoms with E-state index in [1.807, 2.05) is 29.8 Å². The van der Waals surface area contributed by atoms with E-state index in [0.29, 0.717) is 11.9 Å². The fraction of sp³-hybridized carbons (Fsp3) is 0.263. The molecular formula is C19H26N8O. The number of carbonyl (C=O) groups excluding carboxylic acids is 1. The molecule has 148 valence electrons. The Balaban J connectivity index is 0.000000502. The van der Waals surface area contributed by atoms with Gasteiger partial charge in [-0.05, 0) is 31.9 Å². The van der Waals surface area contributed by atoms with Crippen LogP contribution in [0.5, 0.6) is 0 Å². The van der Waals surface area contributed by atoms with Crippen LogP contribution in [0.25, 0.3) is 5.52 Å². The Kier molecular flexibility index (Phi) is 9.33. The first kappa shape index (κ1) is 22.2. The van der Waals surface area contributed by atoms with Crippen molar-refractivity contribution in [2.75, 3.05) is 17.2 Å². The quantitative estimate of drug-likeness (QED) is 0.305. The third-order valence-electron chi connectivity index (χ3n) is 3.59. The first-order chi connectivity index (χ1) is 13.7. The lowest BCUT2D eigenvalue weighted by atomic mass is 10.3. The molecule has 4 rings (SSSR count). The van der Waals surface area contributed by atoms with Crippen LogP contribution in [0.15, 0.2) is 37.6 Å². The van der Waals surface area contributed by atoms with Gasteiger partial charge < -0.3 is 16.4 Å². The fourth-order valence-corrected chi connectivity index (χ4v) is 2.39. The Labute approximate surface area is 164 Å². The zero-order valence-electron chi connectivity index (χ0n) is 15.9. The second-order valence-corrected chi connectivity index (χ2v) is 5.40. The Morgan fingerprint density at radius 1 is 1.43 bits per heavy atom. The molecule has 1 amide bonds. The van der Waals surface area contributed by atoms with Crippen LogP contribution in [-0.4, -0.2) is 37.8 Å². The van der Waals surface area contributed by atoms with Crippen LogP contribution in [-0.2, 0) is 4.79 Å². The number of amides is 1. The molecule has 1 aliphatic rings. The number of aromatic nitrogens is 5. The van der Waals surface area contributed by atoms with Gasteiger partial charge in [0.25, 0.3) is 0 Å². The number of aromatic amines is 1. The van der Waals surface area contributed by atoms with E-state index in [1.165, 1.54) is 18.5 Å². The molecule has 0 bridgehead atoms. The van der Waals surface area contributed by atoms with Crippen LogP contribution in [0.3, 0.4) is 0 Å². The molecule has 28 heavy (non-hydrogen) atoms. The SMILES string of the molecule is C#C.C=C.CCNc1nc(Nc2cc(C3CC3)[nH]n2)c2cccn2n1.NC=O. The number of nitrogens with zero attached hydrogens (tertiary/aromatic N) is 4. The summed E-state index contributed by atoms with van der Waals surface area (Å²) >= 11 is 0. The van der Waals surface area contributed by atoms with Crippen molar-refractivity contribution in [3.63, 3.8) is 0 Å². The average molecular weight is 382 g/mol. The number of terminal acetylenes is 1. The van der Waals surface area contributed by atoms with E-state index in [-0.39, 0.29) is 6.41 Å². The van der Waals surface area contributed by atoms with Crippen LogP contribution in [0.4, 0.5) is 17.6 Å². The van der Waals surface area contributed by atoms with Crippen LogP contribution >= 0.6 is 0 Å². The molecule has 1 aliphatic carbocycles. The number of H-pyrrole nitrogens is 1. The summed E-state index contributed by atoms with van der Waals surface area (Å²) in [6.07, 6.45) is 12.7. The highest BCUT2D eigenvalue weighted by molar-refractivity contribution is 5.73. The minimum absolute atomic E-state index is 0.250. The average Bonchev–Trinajstić information content (AvgIpc) is 3.27. The maximum absolute atomic E-state index is 8.58. The Bertz CT molecular complexity index is 878. The van der Waals surface area contributed by atoms with Gasteiger partial charge in [-0.25, -0.2) is 4.52 Å². The third-order valence-corrected chi connectivity index (χ3v) is 3.59. The van der Waals surface area contributed by atoms with Gasteiger partial charge in [-0.1, -0.05) is 0 Å². The molecule has 9 nitrogen and oxygen atoms in total. The van der Waals surface area contributed by atoms with Crippen molar-refractivity contribution in [3.05, 3.63) is 43.2 Å². The first-order valence-corrected chi connectivity index (χ1v) is 8.65. The predicted octanol–water partition coefficient (Wildman–Crippen LogP) is 2.66. The molecule has 0 saturated heterocycles. The van der Waals surface area contributed by atoms with Crippen LogP contribution in [0, 0.1) is 12.8 Å². The van der Waals surface area contributed by atoms with Crippen LogP contribution in [0.1, 0.15) is 31.4 Å². The summed E-state index contributed by atoms with van der Waals surface area (Å²) in [5, 5.41) is 18.2. The highest BCUT2D eigenvalue weighted by Crippen LogP contribution is 2.39. The molecule has 0 spiro atoms. The van der Waals surface area contributed by atoms with Crippen molar-refractivity contribution in [2.24, 2.45) is 5.73 Å². The second kappa shape index (κ2) is 11.7. The molecule has 0 atom stereocenters. The van der Waals surface area contributed by atoms with Gasteiger partial charge in [0, 0.05) is 30.4 Å². The van der Waals surface area contributed by atoms with E-state index < -0.39 is 0 Å². The molecule has 1 fully saturated rings. The van der Waals surface area contributed by atoms with Gasteiger partial charge in [0.1, 0.15) is 5.52 Å². The molecule has 9 heteroatoms. The van der Waals surface area contributed by atoms with Crippen LogP contribution in [0.2, 0.25) is 0 Å². The molecule has 0 unspecified atom stereocenters. The second-order valence-electron chi connectivity index (χ2n) is 5.40. The molecule has 0 radical (unpaired) electrons. The molecule has 5 N–H and O–H groups in total. The lowest BCUT2D eigenvalue weighted by molar-refractivity contribution is -0.106. The smallest absolute Gasteiger partial charge is 0.242 e. The summed E-state index contributed by atoms with van der Waals surface area (Å²) in [5.41, 5.74) is 6.29. The molecule has 3 heterocycles. The van der Waals surface area contributed by atoms with E-state index in [0.717, 1.165) is 23.7 Å². The van der Waals surface area contributed by atoms with E-state index in [9.17, 15) is 0 Å². The van der Waals surface area contributed by atoms with Gasteiger partial charge in [-0.3, -0.25) is 9.89 Å². The standard InChI is InChI=1S/C14H17N7.C2H4.C2H2.CH3NO/c1-2-15-14-17-13(11-4-3-7-21(11)20-14)16-12-8-10(18-19-12)9-5-6-9;2*1-2;2-1-3/h3-4,7-9H,2,5-6H2,1H3,(H3,15,16,17,18,19,20);1-2H2;1-2H;1H,(H2,2,3). The molecule has 3 aromatic heterocycles. The highest BCUT2D eigenvalue weighted by Gasteiger charge is 2.25. The summed E-state index contributed by atoms with van der Waals surface area (Å²) in [5.74, 6) is 2.80. The highest BCUT2D eigenvalue weighted by atomic mass is 16.1. The maximum Gasteiger partial charge on any atom is 0.242 e. The maximum atomic E-state index is 8.58. The van der Waals surface area contributed by atoms with Crippen LogP contribution < -0.4 is 16.4 Å². The van der Waals surface area contributed by atoms with E-state index >= 15 is 0 Å². The number of nitrogens with two attached hydrogens (primary N) is 1. The normalized spacial score (nSPS) is 11.5. The summed E-state index contributed by atoms with van der Waals surface area (Å²) in [6.45, 7) is 8.80. The molecule has 3 aromatic rings. The van der Waals surface area contributed by atoms with Gasteiger partial charge in [-0.15, -0.1) is 31.1 Å². The van der Waals surface area contributed by atoms with Crippen molar-refractivity contribution in [3.8, 4) is 12.8 Å². The minimum atomic E-state index is 0.250. The number of hydrogen-bond donors (Lipinski definition) is 4. The number of nitrogens with one attached hydrogen (secondary N) is 3. The summed E-state index contributed by atoms with van der Waals surface area (Å²) in [4.78, 5) is 13.1. The topological polar surface area (TPSA) is 126 Å². The van der Waals surface area contributed by atoms with E-state index in [2.05, 4.69) is 68.7 Å². The lowest BCUT2D eigenvalue weighted by Crippen LogP contribution is -2.08. The summed E-state index contributed by atoms with van der Waals surface area (Å²) in [6, 6.07) is 5.99. The molecule has 1 saturated carbocycles. The van der Waals surface area contributed by atoms with Crippen molar-refractivity contribution in [1.29, 1.82) is 0 Å². The largest absolute Gasteiger partial charge is 0.372 e. The lowest BCUT2D eigenvalue weighted by Gasteiger charge is -2.08. The van der Waals surface area contributed by atoms with Crippen molar-refractivity contribution >= 4 is 29.5 Å². The monoisotopic (exact) mass is 382 g/mol. The van der Waals surface area contributed by atoms with Gasteiger partial charge in [0.2, 0.25) is 12.4 Å². The molecular weight excluding hydrogens is 356 g/mol. The van der Waals surface area contributed by atoms with Crippen molar-refractivity contribution in [2.45, 2.75) is 25.7 Å². The van der Waals surface area contributed by atoms with Gasteiger partial charge in [-0.2, -0.15) is 10.1 Å². The number of anilines is 3. The van der Waals surface area contributed by atoms with Gasteiger partial charge in [0.05, 0.1) is 0 Å². The van der Waals surface area contributed by atoms with Crippen molar-refractivity contribution in [1.82, 2.24) is 24.8 Å². The number of fused-ring (bicyclic) bond motifs is 1. The molecule has 0 aromatic carbocycles. The Hall–Kier alpha value is -3.80. The molecule has 0 aliphatic heterocycles. The summed E-state index contributed by atoms with van der Waals surface area (Å²) < 4.78 is 1.81. The zero-order valence-corrected chi connectivity index (χ0v) is 15.9. The Morgan fingerprint density at radius 2 is 2.11 bits per heavy atom. The summed E-state index contributed by atoms with van der Waals surface area (Å²) in [7, 11) is 0. The Morgan fingerprint density at radius 3 is 2.71 bits per heavy atom. The number of carbonyl (C=O) groups is 1. The van der Waals surface area contributed by atoms with E-state index in [4.69, 9.17) is 4.79 Å². The van der Waals surface area contributed by atoms with Gasteiger partial charge >= 0.3 is 0 Å².